The lowest BCUT2D eigenvalue weighted by Crippen LogP contribution is -2.34. The molecule has 0 bridgehead atoms. The van der Waals surface area contributed by atoms with Gasteiger partial charge in [-0.25, -0.2) is 8.42 Å². The zero-order valence-corrected chi connectivity index (χ0v) is 12.8. The van der Waals surface area contributed by atoms with Gasteiger partial charge in [0, 0.05) is 6.26 Å². The van der Waals surface area contributed by atoms with E-state index in [0.717, 1.165) is 0 Å². The average molecular weight is 267 g/mol. The molecule has 1 N–H and O–H groups in total. The van der Waals surface area contributed by atoms with Gasteiger partial charge < -0.3 is 9.66 Å². The fraction of sp³-hybridized carbons (Fsp3) is 0.800. The fourth-order valence-corrected chi connectivity index (χ4v) is 1.79. The number of rotatable bonds is 2. The Labute approximate surface area is 100 Å². The second kappa shape index (κ2) is 6.54. The summed E-state index contributed by atoms with van der Waals surface area (Å²) in [6.07, 6.45) is 2.48. The standard InChI is InChI=1S/C9H20OSi.CH4O3S/c1-9(2,3)11(4,5)8-6-7-10;1-5(2,3)4/h6,8,10H,7H2,1-5H3;1H3,(H,2,3,4)/p-1/b8-6+;. The molecule has 0 aliphatic heterocycles. The second-order valence-electron chi connectivity index (χ2n) is 5.26. The van der Waals surface area contributed by atoms with Gasteiger partial charge >= 0.3 is 0 Å². The first-order valence-electron chi connectivity index (χ1n) is 5.00. The van der Waals surface area contributed by atoms with Crippen LogP contribution in [0.5, 0.6) is 0 Å². The van der Waals surface area contributed by atoms with E-state index in [0.29, 0.717) is 11.3 Å². The van der Waals surface area contributed by atoms with E-state index in [4.69, 9.17) is 18.1 Å². The lowest BCUT2D eigenvalue weighted by atomic mass is 10.2. The zero-order valence-electron chi connectivity index (χ0n) is 10.9. The maximum absolute atomic E-state index is 9.08. The Hall–Kier alpha value is -0.173. The van der Waals surface area contributed by atoms with Crippen LogP contribution in [-0.4, -0.2) is 39.0 Å². The van der Waals surface area contributed by atoms with Gasteiger partial charge in [-0.05, 0) is 5.04 Å². The highest BCUT2D eigenvalue weighted by Gasteiger charge is 2.31. The Morgan fingerprint density at radius 2 is 1.62 bits per heavy atom. The van der Waals surface area contributed by atoms with Crippen molar-refractivity contribution in [2.75, 3.05) is 12.9 Å². The van der Waals surface area contributed by atoms with E-state index >= 15 is 0 Å². The van der Waals surface area contributed by atoms with Gasteiger partial charge in [0.2, 0.25) is 0 Å². The van der Waals surface area contributed by atoms with Crippen molar-refractivity contribution in [1.82, 2.24) is 0 Å². The van der Waals surface area contributed by atoms with Crippen molar-refractivity contribution in [3.8, 4) is 0 Å². The molecule has 0 aromatic carbocycles. The summed E-state index contributed by atoms with van der Waals surface area (Å²) in [5.74, 6) is 0. The average Bonchev–Trinajstić information content (AvgIpc) is 1.95. The van der Waals surface area contributed by atoms with Gasteiger partial charge in [-0.2, -0.15) is 0 Å². The van der Waals surface area contributed by atoms with E-state index in [1.165, 1.54) is 0 Å². The van der Waals surface area contributed by atoms with E-state index in [-0.39, 0.29) is 6.61 Å². The van der Waals surface area contributed by atoms with Crippen LogP contribution < -0.4 is 0 Å². The molecular weight excluding hydrogens is 244 g/mol. The zero-order chi connectivity index (χ0) is 13.6. The summed E-state index contributed by atoms with van der Waals surface area (Å²) in [6, 6.07) is 0. The molecule has 0 saturated carbocycles. The lowest BCUT2D eigenvalue weighted by Gasteiger charge is -2.34. The summed E-state index contributed by atoms with van der Waals surface area (Å²) < 4.78 is 27.2. The monoisotopic (exact) mass is 267 g/mol. The van der Waals surface area contributed by atoms with Crippen molar-refractivity contribution in [3.63, 3.8) is 0 Å². The van der Waals surface area contributed by atoms with Crippen LogP contribution in [0.2, 0.25) is 18.1 Å². The molecule has 0 atom stereocenters. The first kappa shape index (κ1) is 18.2. The van der Waals surface area contributed by atoms with Crippen LogP contribution in [0, 0.1) is 0 Å². The Morgan fingerprint density at radius 1 is 1.31 bits per heavy atom. The molecule has 98 valence electrons. The molecule has 16 heavy (non-hydrogen) atoms. The van der Waals surface area contributed by atoms with Crippen molar-refractivity contribution in [3.05, 3.63) is 11.8 Å². The summed E-state index contributed by atoms with van der Waals surface area (Å²) in [5.41, 5.74) is 2.22. The number of hydrogen-bond donors (Lipinski definition) is 1. The van der Waals surface area contributed by atoms with Gasteiger partial charge in [-0.15, -0.1) is 0 Å². The molecule has 0 unspecified atom stereocenters. The number of aliphatic hydroxyl groups excluding tert-OH is 1. The van der Waals surface area contributed by atoms with Gasteiger partial charge in [0.15, 0.2) is 0 Å². The van der Waals surface area contributed by atoms with Gasteiger partial charge in [-0.1, -0.05) is 45.6 Å². The summed E-state index contributed by atoms with van der Waals surface area (Å²) in [5, 5.41) is 9.02. The molecule has 0 aliphatic rings. The third kappa shape index (κ3) is 11.9. The van der Waals surface area contributed by atoms with Crippen molar-refractivity contribution in [2.24, 2.45) is 0 Å². The fourth-order valence-electron chi connectivity index (χ4n) is 0.597. The molecule has 0 heterocycles. The van der Waals surface area contributed by atoms with Crippen LogP contribution >= 0.6 is 0 Å². The lowest BCUT2D eigenvalue weighted by molar-refractivity contribution is 0.343. The maximum atomic E-state index is 9.08. The van der Waals surface area contributed by atoms with Gasteiger partial charge in [-0.3, -0.25) is 0 Å². The highest BCUT2D eigenvalue weighted by Crippen LogP contribution is 2.36. The van der Waals surface area contributed by atoms with Crippen molar-refractivity contribution >= 4 is 18.2 Å². The van der Waals surface area contributed by atoms with Crippen molar-refractivity contribution in [1.29, 1.82) is 0 Å². The largest absolute Gasteiger partial charge is 0.748 e. The highest BCUT2D eigenvalue weighted by molar-refractivity contribution is 7.84. The summed E-state index contributed by atoms with van der Waals surface area (Å²) >= 11 is 0. The maximum Gasteiger partial charge on any atom is 0.0916 e. The minimum atomic E-state index is -3.92. The van der Waals surface area contributed by atoms with E-state index in [1.54, 1.807) is 0 Å². The first-order chi connectivity index (χ1) is 6.81. The molecule has 0 aromatic heterocycles. The third-order valence-electron chi connectivity index (χ3n) is 2.57. The van der Waals surface area contributed by atoms with Gasteiger partial charge in [0.05, 0.1) is 24.8 Å². The third-order valence-corrected chi connectivity index (χ3v) is 7.51. The Balaban J connectivity index is 0. The second-order valence-corrected chi connectivity index (χ2v) is 11.9. The molecule has 0 aliphatic carbocycles. The molecule has 0 radical (unpaired) electrons. The molecule has 4 nitrogen and oxygen atoms in total. The minimum Gasteiger partial charge on any atom is -0.748 e. The number of aliphatic hydroxyl groups is 1. The molecule has 0 aromatic rings. The SMILES string of the molecule is CC(C)(C)[Si](C)(C)/C=C/CO.CS(=O)(=O)[O-]. The molecule has 0 spiro atoms. The molecule has 0 rings (SSSR count). The van der Waals surface area contributed by atoms with E-state index in [2.05, 4.69) is 39.6 Å². The first-order valence-corrected chi connectivity index (χ1v) is 9.90. The Kier molecular flexibility index (Phi) is 7.43. The molecule has 0 amide bonds. The van der Waals surface area contributed by atoms with Crippen LogP contribution in [0.15, 0.2) is 11.8 Å². The smallest absolute Gasteiger partial charge is 0.0916 e. The Morgan fingerprint density at radius 3 is 1.81 bits per heavy atom. The molecule has 0 saturated heterocycles. The number of hydrogen-bond acceptors (Lipinski definition) is 4. The van der Waals surface area contributed by atoms with Gasteiger partial charge in [0.25, 0.3) is 0 Å². The molecule has 6 heteroatoms. The highest BCUT2D eigenvalue weighted by atomic mass is 32.2. The van der Waals surface area contributed by atoms with Gasteiger partial charge in [0.1, 0.15) is 0 Å². The predicted molar refractivity (Wildman–Crippen MR) is 69.0 cm³/mol. The van der Waals surface area contributed by atoms with Crippen LogP contribution in [-0.2, 0) is 10.1 Å². The quantitative estimate of drug-likeness (QED) is 0.610. The Bertz CT molecular complexity index is 304. The summed E-state index contributed by atoms with van der Waals surface area (Å²) in [7, 11) is -5.18. The predicted octanol–water partition coefficient (Wildman–Crippen LogP) is 1.74. The van der Waals surface area contributed by atoms with Crippen LogP contribution in [0.25, 0.3) is 0 Å². The van der Waals surface area contributed by atoms with Crippen LogP contribution in [0.1, 0.15) is 20.8 Å². The minimum absolute atomic E-state index is 0.173. The van der Waals surface area contributed by atoms with Crippen LogP contribution in [0.3, 0.4) is 0 Å². The molecular formula is C10H23O4SSi-. The van der Waals surface area contributed by atoms with E-state index in [9.17, 15) is 0 Å². The molecule has 0 fully saturated rings. The van der Waals surface area contributed by atoms with Crippen LogP contribution in [0.4, 0.5) is 0 Å². The topological polar surface area (TPSA) is 77.4 Å². The van der Waals surface area contributed by atoms with E-state index < -0.39 is 18.2 Å². The van der Waals surface area contributed by atoms with Crippen molar-refractivity contribution in [2.45, 2.75) is 38.9 Å². The van der Waals surface area contributed by atoms with Crippen molar-refractivity contribution < 1.29 is 18.1 Å². The summed E-state index contributed by atoms with van der Waals surface area (Å²) in [4.78, 5) is 0. The van der Waals surface area contributed by atoms with E-state index in [1.807, 2.05) is 6.08 Å². The normalized spacial score (nSPS) is 13.5. The summed E-state index contributed by atoms with van der Waals surface area (Å²) in [6.45, 7) is 11.6.